The second-order valence-electron chi connectivity index (χ2n) is 1.03. The molecule has 0 unspecified atom stereocenters. The molecule has 0 aliphatic rings. The van der Waals surface area contributed by atoms with Crippen LogP contribution in [0.1, 0.15) is 0 Å². The summed E-state index contributed by atoms with van der Waals surface area (Å²) in [5, 5.41) is 0.551. The van der Waals surface area contributed by atoms with Gasteiger partial charge in [0.1, 0.15) is 0 Å². The Morgan fingerprint density at radius 1 is 1.71 bits per heavy atom. The van der Waals surface area contributed by atoms with Crippen LogP contribution in [0, 0.1) is 12.3 Å². The van der Waals surface area contributed by atoms with Crippen molar-refractivity contribution < 1.29 is 0 Å². The Morgan fingerprint density at radius 3 is 2.86 bits per heavy atom. The lowest BCUT2D eigenvalue weighted by Crippen LogP contribution is -1.65. The maximum Gasteiger partial charge on any atom is 0.0987 e. The van der Waals surface area contributed by atoms with Gasteiger partial charge < -0.3 is 0 Å². The van der Waals surface area contributed by atoms with Crippen molar-refractivity contribution in [2.45, 2.75) is 0 Å². The summed E-state index contributed by atoms with van der Waals surface area (Å²) in [6, 6.07) is 4.21. The van der Waals surface area contributed by atoms with Crippen LogP contribution in [0.25, 0.3) is 0 Å². The van der Waals surface area contributed by atoms with Crippen molar-refractivity contribution in [3.63, 3.8) is 0 Å². The molecule has 1 heterocycles. The van der Waals surface area contributed by atoms with Gasteiger partial charge >= 0.3 is 0 Å². The first-order chi connectivity index (χ1) is 3.39. The van der Waals surface area contributed by atoms with Gasteiger partial charge in [0, 0.05) is 12.3 Å². The van der Waals surface area contributed by atoms with Gasteiger partial charge in [-0.1, -0.05) is 11.6 Å². The summed E-state index contributed by atoms with van der Waals surface area (Å²) >= 11 is 5.41. The van der Waals surface area contributed by atoms with Crippen molar-refractivity contribution in [2.24, 2.45) is 0 Å². The molecule has 1 aromatic heterocycles. The van der Waals surface area contributed by atoms with Gasteiger partial charge in [0.25, 0.3) is 0 Å². The molecule has 0 atom stereocenters. The molecule has 0 saturated carbocycles. The summed E-state index contributed by atoms with van der Waals surface area (Å²) in [6.45, 7) is 0. The second-order valence-corrected chi connectivity index (χ2v) is 1.44. The van der Waals surface area contributed by atoms with Gasteiger partial charge in [0.2, 0.25) is 0 Å². The van der Waals surface area contributed by atoms with Crippen LogP contribution in [0.15, 0.2) is 12.3 Å². The zero-order valence-corrected chi connectivity index (χ0v) is 4.24. The van der Waals surface area contributed by atoms with Crippen LogP contribution >= 0.6 is 11.6 Å². The van der Waals surface area contributed by atoms with Crippen LogP contribution in [0.4, 0.5) is 0 Å². The minimum absolute atomic E-state index is 0.551. The average Bonchev–Trinajstić information content (AvgIpc) is 1.69. The number of hydrogen-bond acceptors (Lipinski definition) is 1. The fourth-order valence-corrected chi connectivity index (χ4v) is 0.366. The van der Waals surface area contributed by atoms with E-state index >= 15 is 0 Å². The third-order valence-corrected chi connectivity index (χ3v) is 0.756. The first-order valence-corrected chi connectivity index (χ1v) is 2.17. The number of rotatable bonds is 0. The van der Waals surface area contributed by atoms with Gasteiger partial charge in [-0.2, -0.15) is 0 Å². The molecule has 0 aromatic carbocycles. The van der Waals surface area contributed by atoms with Crippen LogP contribution in [0.5, 0.6) is 0 Å². The molecule has 2 heteroatoms. The standard InChI is InChI=1S/C5H2ClN/c6-5-1-3-7-4-2-5/h1,3H. The van der Waals surface area contributed by atoms with Crippen molar-refractivity contribution in [3.8, 4) is 0 Å². The van der Waals surface area contributed by atoms with Crippen molar-refractivity contribution in [1.82, 2.24) is 4.98 Å². The SMILES string of the molecule is Clc1[c][c]ncc1. The number of pyridine rings is 1. The number of halogens is 1. The van der Waals surface area contributed by atoms with Crippen LogP contribution in [-0.4, -0.2) is 4.98 Å². The summed E-state index contributed by atoms with van der Waals surface area (Å²) in [6.07, 6.45) is 4.02. The fraction of sp³-hybridized carbons (Fsp3) is 0. The minimum Gasteiger partial charge on any atom is -0.254 e. The molecule has 0 bridgehead atoms. The largest absolute Gasteiger partial charge is 0.254 e. The number of nitrogens with zero attached hydrogens (tertiary/aromatic N) is 1. The van der Waals surface area contributed by atoms with Gasteiger partial charge in [-0.3, -0.25) is 4.98 Å². The molecule has 2 radical (unpaired) electrons. The first-order valence-electron chi connectivity index (χ1n) is 1.79. The van der Waals surface area contributed by atoms with Gasteiger partial charge in [0.15, 0.2) is 0 Å². The molecule has 7 heavy (non-hydrogen) atoms. The van der Waals surface area contributed by atoms with Crippen LogP contribution in [0.3, 0.4) is 0 Å². The molecular weight excluding hydrogens is 110 g/mol. The highest BCUT2D eigenvalue weighted by Crippen LogP contribution is 2.00. The molecule has 1 nitrogen and oxygen atoms in total. The third-order valence-electron chi connectivity index (χ3n) is 0.535. The first kappa shape index (κ1) is 4.60. The molecule has 0 aliphatic carbocycles. The van der Waals surface area contributed by atoms with E-state index in [2.05, 4.69) is 17.2 Å². The van der Waals surface area contributed by atoms with E-state index in [4.69, 9.17) is 11.6 Å². The van der Waals surface area contributed by atoms with E-state index in [1.54, 1.807) is 12.3 Å². The number of hydrogen-bond donors (Lipinski definition) is 0. The Bertz CT molecular complexity index is 138. The zero-order valence-electron chi connectivity index (χ0n) is 3.48. The Morgan fingerprint density at radius 2 is 2.57 bits per heavy atom. The molecule has 0 aliphatic heterocycles. The summed E-state index contributed by atoms with van der Waals surface area (Å²) in [4.78, 5) is 3.58. The van der Waals surface area contributed by atoms with E-state index in [0.717, 1.165) is 0 Å². The Labute approximate surface area is 47.0 Å². The van der Waals surface area contributed by atoms with E-state index in [-0.39, 0.29) is 0 Å². The lowest BCUT2D eigenvalue weighted by molar-refractivity contribution is 1.31. The summed E-state index contributed by atoms with van der Waals surface area (Å²) in [7, 11) is 0. The highest BCUT2D eigenvalue weighted by molar-refractivity contribution is 6.30. The van der Waals surface area contributed by atoms with Crippen LogP contribution < -0.4 is 0 Å². The van der Waals surface area contributed by atoms with E-state index < -0.39 is 0 Å². The maximum atomic E-state index is 5.41. The van der Waals surface area contributed by atoms with E-state index in [9.17, 15) is 0 Å². The molecule has 0 N–H and O–H groups in total. The maximum absolute atomic E-state index is 5.41. The highest BCUT2D eigenvalue weighted by atomic mass is 35.5. The van der Waals surface area contributed by atoms with E-state index in [1.165, 1.54) is 0 Å². The lowest BCUT2D eigenvalue weighted by Gasteiger charge is -1.77. The second kappa shape index (κ2) is 1.94. The van der Waals surface area contributed by atoms with E-state index in [1.807, 2.05) is 0 Å². The predicted molar refractivity (Wildman–Crippen MR) is 26.9 cm³/mol. The van der Waals surface area contributed by atoms with Crippen molar-refractivity contribution in [3.05, 3.63) is 29.5 Å². The van der Waals surface area contributed by atoms with Gasteiger partial charge in [0.05, 0.1) is 11.2 Å². The molecule has 34 valence electrons. The summed E-state index contributed by atoms with van der Waals surface area (Å²) in [5.41, 5.74) is 0. The predicted octanol–water partition coefficient (Wildman–Crippen LogP) is 1.34. The fourth-order valence-electron chi connectivity index (χ4n) is 0.267. The van der Waals surface area contributed by atoms with Gasteiger partial charge in [-0.25, -0.2) is 0 Å². The quantitative estimate of drug-likeness (QED) is 0.492. The van der Waals surface area contributed by atoms with Crippen LogP contribution in [-0.2, 0) is 0 Å². The van der Waals surface area contributed by atoms with Crippen molar-refractivity contribution >= 4 is 11.6 Å². The smallest absolute Gasteiger partial charge is 0.0987 e. The normalized spacial score (nSPS) is 8.71. The Balaban J connectivity index is 3.02. The molecule has 0 fully saturated rings. The Kier molecular flexibility index (Phi) is 1.27. The van der Waals surface area contributed by atoms with Gasteiger partial charge in [-0.15, -0.1) is 0 Å². The molecule has 0 saturated heterocycles. The summed E-state index contributed by atoms with van der Waals surface area (Å²) < 4.78 is 0. The number of aromatic nitrogens is 1. The third kappa shape index (κ3) is 1.16. The monoisotopic (exact) mass is 111 g/mol. The molecule has 0 spiro atoms. The van der Waals surface area contributed by atoms with Crippen molar-refractivity contribution in [1.29, 1.82) is 0 Å². The average molecular weight is 112 g/mol. The topological polar surface area (TPSA) is 12.9 Å². The molecular formula is C5H2ClN. The molecule has 1 rings (SSSR count). The highest BCUT2D eigenvalue weighted by Gasteiger charge is 1.77. The Hall–Kier alpha value is -0.560. The molecule has 0 amide bonds. The van der Waals surface area contributed by atoms with E-state index in [0.29, 0.717) is 5.02 Å². The van der Waals surface area contributed by atoms with Gasteiger partial charge in [-0.05, 0) is 6.07 Å². The minimum atomic E-state index is 0.551. The zero-order chi connectivity index (χ0) is 5.11. The summed E-state index contributed by atoms with van der Waals surface area (Å²) in [5.74, 6) is 0. The molecule has 1 aromatic rings. The lowest BCUT2D eigenvalue weighted by atomic mass is 10.5. The van der Waals surface area contributed by atoms with Crippen molar-refractivity contribution in [2.75, 3.05) is 0 Å². The van der Waals surface area contributed by atoms with Crippen LogP contribution in [0.2, 0.25) is 5.02 Å².